The van der Waals surface area contributed by atoms with Gasteiger partial charge in [-0.3, -0.25) is 0 Å². The SMILES string of the molecule is COc1ccc2c3c1OC1C[C@@H](O)C=CC31CN(C)CC2. The van der Waals surface area contributed by atoms with Crippen LogP contribution in [0.15, 0.2) is 24.3 Å². The van der Waals surface area contributed by atoms with Gasteiger partial charge in [0.15, 0.2) is 11.5 Å². The van der Waals surface area contributed by atoms with Crippen molar-refractivity contribution < 1.29 is 14.6 Å². The monoisotopic (exact) mass is 287 g/mol. The number of benzene rings is 1. The van der Waals surface area contributed by atoms with E-state index in [4.69, 9.17) is 9.47 Å². The summed E-state index contributed by atoms with van der Waals surface area (Å²) in [7, 11) is 3.84. The quantitative estimate of drug-likeness (QED) is 0.795. The van der Waals surface area contributed by atoms with Crippen LogP contribution in [0.25, 0.3) is 0 Å². The van der Waals surface area contributed by atoms with Gasteiger partial charge in [-0.1, -0.05) is 18.2 Å². The first-order chi connectivity index (χ1) is 10.1. The molecule has 1 aliphatic carbocycles. The lowest BCUT2D eigenvalue weighted by atomic mass is 9.70. The lowest BCUT2D eigenvalue weighted by Gasteiger charge is -2.37. The lowest BCUT2D eigenvalue weighted by molar-refractivity contribution is 0.0757. The second-order valence-corrected chi connectivity index (χ2v) is 6.43. The number of ether oxygens (including phenoxy) is 2. The summed E-state index contributed by atoms with van der Waals surface area (Å²) in [5, 5.41) is 9.98. The first kappa shape index (κ1) is 13.2. The van der Waals surface area contributed by atoms with Gasteiger partial charge in [0.2, 0.25) is 0 Å². The van der Waals surface area contributed by atoms with Gasteiger partial charge in [0.05, 0.1) is 18.6 Å². The normalized spacial score (nSPS) is 33.9. The molecule has 3 aliphatic rings. The molecule has 2 aliphatic heterocycles. The summed E-state index contributed by atoms with van der Waals surface area (Å²) in [6.45, 7) is 1.97. The number of nitrogens with zero attached hydrogens (tertiary/aromatic N) is 1. The number of methoxy groups -OCH3 is 1. The standard InChI is InChI=1S/C17H21NO3/c1-18-8-6-11-3-4-13(20-2)16-15(11)17(10-18)7-5-12(19)9-14(17)21-16/h3-5,7,12,14,19H,6,8-10H2,1-2H3/t12-,14?,17?/m0/s1. The van der Waals surface area contributed by atoms with Gasteiger partial charge in [-0.25, -0.2) is 0 Å². The fourth-order valence-corrected chi connectivity index (χ4v) is 4.11. The van der Waals surface area contributed by atoms with Crippen molar-refractivity contribution in [3.8, 4) is 11.5 Å². The Morgan fingerprint density at radius 1 is 1.43 bits per heavy atom. The zero-order valence-electron chi connectivity index (χ0n) is 12.5. The van der Waals surface area contributed by atoms with Gasteiger partial charge < -0.3 is 19.5 Å². The van der Waals surface area contributed by atoms with Gasteiger partial charge in [0, 0.05) is 25.1 Å². The lowest BCUT2D eigenvalue weighted by Crippen LogP contribution is -2.48. The van der Waals surface area contributed by atoms with Crippen molar-refractivity contribution in [3.63, 3.8) is 0 Å². The summed E-state index contributed by atoms with van der Waals surface area (Å²) in [5.41, 5.74) is 2.47. The van der Waals surface area contributed by atoms with Gasteiger partial charge >= 0.3 is 0 Å². The largest absolute Gasteiger partial charge is 0.493 e. The minimum Gasteiger partial charge on any atom is -0.493 e. The highest BCUT2D eigenvalue weighted by molar-refractivity contribution is 5.61. The molecule has 21 heavy (non-hydrogen) atoms. The van der Waals surface area contributed by atoms with Crippen LogP contribution in [-0.2, 0) is 11.8 Å². The molecular formula is C17H21NO3. The molecule has 0 radical (unpaired) electrons. The fraction of sp³-hybridized carbons (Fsp3) is 0.529. The van der Waals surface area contributed by atoms with E-state index in [9.17, 15) is 5.11 Å². The summed E-state index contributed by atoms with van der Waals surface area (Å²) in [5.74, 6) is 1.68. The van der Waals surface area contributed by atoms with Crippen molar-refractivity contribution in [3.05, 3.63) is 35.4 Å². The first-order valence-electron chi connectivity index (χ1n) is 7.57. The van der Waals surface area contributed by atoms with E-state index in [0.29, 0.717) is 6.42 Å². The molecule has 4 heteroatoms. The Labute approximate surface area is 125 Å². The van der Waals surface area contributed by atoms with Crippen molar-refractivity contribution in [2.24, 2.45) is 0 Å². The Kier molecular flexibility index (Phi) is 2.81. The highest BCUT2D eigenvalue weighted by Gasteiger charge is 2.53. The molecule has 1 N–H and O–H groups in total. The van der Waals surface area contributed by atoms with Gasteiger partial charge in [0.1, 0.15) is 6.10 Å². The Bertz CT molecular complexity index is 612. The second-order valence-electron chi connectivity index (χ2n) is 6.43. The average molecular weight is 287 g/mol. The van der Waals surface area contributed by atoms with E-state index in [1.807, 2.05) is 12.1 Å². The highest BCUT2D eigenvalue weighted by Crippen LogP contribution is 2.54. The number of aliphatic hydroxyl groups excluding tert-OH is 1. The Morgan fingerprint density at radius 3 is 3.10 bits per heavy atom. The molecule has 1 aromatic rings. The molecule has 0 bridgehead atoms. The third kappa shape index (κ3) is 1.75. The maximum atomic E-state index is 9.98. The fourth-order valence-electron chi connectivity index (χ4n) is 4.11. The number of hydrogen-bond donors (Lipinski definition) is 1. The number of likely N-dealkylation sites (N-methyl/N-ethyl adjacent to an activating group) is 1. The minimum atomic E-state index is -0.419. The summed E-state index contributed by atoms with van der Waals surface area (Å²) >= 11 is 0. The van der Waals surface area contributed by atoms with E-state index in [1.165, 1.54) is 11.1 Å². The molecule has 112 valence electrons. The molecule has 0 saturated carbocycles. The number of hydrogen-bond acceptors (Lipinski definition) is 4. The van der Waals surface area contributed by atoms with Gasteiger partial charge in [-0.05, 0) is 25.1 Å². The van der Waals surface area contributed by atoms with Crippen LogP contribution >= 0.6 is 0 Å². The number of rotatable bonds is 1. The molecule has 3 atom stereocenters. The number of aliphatic hydroxyl groups is 1. The molecule has 1 aromatic carbocycles. The summed E-state index contributed by atoms with van der Waals surface area (Å²) in [6.07, 6.45) is 5.33. The van der Waals surface area contributed by atoms with Crippen LogP contribution in [0.1, 0.15) is 17.5 Å². The predicted octanol–water partition coefficient (Wildman–Crippen LogP) is 1.50. The van der Waals surface area contributed by atoms with Crippen molar-refractivity contribution in [1.29, 1.82) is 0 Å². The molecule has 4 nitrogen and oxygen atoms in total. The van der Waals surface area contributed by atoms with E-state index in [1.54, 1.807) is 7.11 Å². The van der Waals surface area contributed by atoms with Gasteiger partial charge in [-0.15, -0.1) is 0 Å². The molecule has 0 fully saturated rings. The van der Waals surface area contributed by atoms with E-state index in [2.05, 4.69) is 24.1 Å². The Morgan fingerprint density at radius 2 is 2.29 bits per heavy atom. The van der Waals surface area contributed by atoms with E-state index in [0.717, 1.165) is 31.0 Å². The van der Waals surface area contributed by atoms with Crippen LogP contribution in [0.2, 0.25) is 0 Å². The summed E-state index contributed by atoms with van der Waals surface area (Å²) in [6, 6.07) is 4.17. The van der Waals surface area contributed by atoms with Crippen LogP contribution in [0.5, 0.6) is 11.5 Å². The van der Waals surface area contributed by atoms with Crippen molar-refractivity contribution in [1.82, 2.24) is 4.90 Å². The third-order valence-electron chi connectivity index (χ3n) is 5.09. The van der Waals surface area contributed by atoms with Crippen LogP contribution < -0.4 is 9.47 Å². The summed E-state index contributed by atoms with van der Waals surface area (Å²) < 4.78 is 11.8. The van der Waals surface area contributed by atoms with E-state index < -0.39 is 6.10 Å². The first-order valence-corrected chi connectivity index (χ1v) is 7.57. The molecule has 0 saturated heterocycles. The smallest absolute Gasteiger partial charge is 0.166 e. The highest BCUT2D eigenvalue weighted by atomic mass is 16.5. The molecule has 1 spiro atoms. The maximum absolute atomic E-state index is 9.98. The maximum Gasteiger partial charge on any atom is 0.166 e. The summed E-state index contributed by atoms with van der Waals surface area (Å²) in [4.78, 5) is 2.36. The third-order valence-corrected chi connectivity index (χ3v) is 5.09. The van der Waals surface area contributed by atoms with Crippen LogP contribution in [0, 0.1) is 0 Å². The molecule has 2 unspecified atom stereocenters. The molecule has 0 amide bonds. The van der Waals surface area contributed by atoms with Crippen molar-refractivity contribution in [2.75, 3.05) is 27.2 Å². The average Bonchev–Trinajstić information content (AvgIpc) is 2.71. The second kappa shape index (κ2) is 4.49. The van der Waals surface area contributed by atoms with Gasteiger partial charge in [0.25, 0.3) is 0 Å². The van der Waals surface area contributed by atoms with Crippen LogP contribution in [-0.4, -0.2) is 49.5 Å². The zero-order chi connectivity index (χ0) is 14.6. The van der Waals surface area contributed by atoms with Crippen molar-refractivity contribution >= 4 is 0 Å². The van der Waals surface area contributed by atoms with Gasteiger partial charge in [-0.2, -0.15) is 0 Å². The zero-order valence-corrected chi connectivity index (χ0v) is 12.5. The Balaban J connectivity index is 1.96. The Hall–Kier alpha value is -1.52. The topological polar surface area (TPSA) is 41.9 Å². The van der Waals surface area contributed by atoms with E-state index >= 15 is 0 Å². The predicted molar refractivity (Wildman–Crippen MR) is 80.1 cm³/mol. The minimum absolute atomic E-state index is 0.0110. The van der Waals surface area contributed by atoms with Crippen LogP contribution in [0.4, 0.5) is 0 Å². The van der Waals surface area contributed by atoms with Crippen molar-refractivity contribution in [2.45, 2.75) is 30.5 Å². The molecule has 4 rings (SSSR count). The molecular weight excluding hydrogens is 266 g/mol. The van der Waals surface area contributed by atoms with Crippen LogP contribution in [0.3, 0.4) is 0 Å². The molecule has 0 aromatic heterocycles. The van der Waals surface area contributed by atoms with E-state index in [-0.39, 0.29) is 11.5 Å². The molecule has 2 heterocycles.